The average molecular weight is 267 g/mol. The van der Waals surface area contributed by atoms with Gasteiger partial charge in [0.2, 0.25) is 0 Å². The van der Waals surface area contributed by atoms with Crippen molar-refractivity contribution in [3.63, 3.8) is 0 Å². The SMILES string of the molecule is CCC(CO)OC(CO)n1cnc2c(N)ncnc21. The number of rotatable bonds is 6. The molecule has 2 rings (SSSR count). The molecule has 0 saturated carbocycles. The Hall–Kier alpha value is -1.77. The summed E-state index contributed by atoms with van der Waals surface area (Å²) in [6.45, 7) is 1.52. The monoisotopic (exact) mass is 267 g/mol. The lowest BCUT2D eigenvalue weighted by atomic mass is 10.3. The molecule has 0 aliphatic rings. The van der Waals surface area contributed by atoms with Crippen LogP contribution in [0.4, 0.5) is 5.82 Å². The quantitative estimate of drug-likeness (QED) is 0.656. The molecule has 0 aromatic carbocycles. The molecular formula is C11H17N5O3. The average Bonchev–Trinajstić information content (AvgIpc) is 2.86. The lowest BCUT2D eigenvalue weighted by Crippen LogP contribution is -2.25. The minimum absolute atomic E-state index is 0.114. The number of aliphatic hydroxyl groups excluding tert-OH is 2. The van der Waals surface area contributed by atoms with Gasteiger partial charge in [0.25, 0.3) is 0 Å². The third-order valence-corrected chi connectivity index (χ3v) is 2.86. The van der Waals surface area contributed by atoms with Gasteiger partial charge in [0, 0.05) is 0 Å². The topological polar surface area (TPSA) is 119 Å². The van der Waals surface area contributed by atoms with Gasteiger partial charge in [-0.1, -0.05) is 6.92 Å². The van der Waals surface area contributed by atoms with E-state index in [1.54, 1.807) is 4.57 Å². The van der Waals surface area contributed by atoms with Crippen LogP contribution in [0.5, 0.6) is 0 Å². The smallest absolute Gasteiger partial charge is 0.167 e. The van der Waals surface area contributed by atoms with Crippen molar-refractivity contribution in [3.05, 3.63) is 12.7 Å². The number of aliphatic hydroxyl groups is 2. The maximum atomic E-state index is 9.44. The standard InChI is InChI=1S/C11H17N5O3/c1-2-7(3-17)19-8(4-18)16-6-15-9-10(12)13-5-14-11(9)16/h5-8,17-18H,2-4H2,1H3,(H2,12,13,14). The summed E-state index contributed by atoms with van der Waals surface area (Å²) < 4.78 is 7.19. The fourth-order valence-corrected chi connectivity index (χ4v) is 1.77. The Labute approximate surface area is 109 Å². The normalized spacial score (nSPS) is 14.7. The van der Waals surface area contributed by atoms with Crippen molar-refractivity contribution in [2.24, 2.45) is 0 Å². The van der Waals surface area contributed by atoms with E-state index in [0.717, 1.165) is 0 Å². The molecule has 2 atom stereocenters. The fourth-order valence-electron chi connectivity index (χ4n) is 1.77. The third-order valence-electron chi connectivity index (χ3n) is 2.86. The van der Waals surface area contributed by atoms with Gasteiger partial charge in [0.15, 0.2) is 17.7 Å². The van der Waals surface area contributed by atoms with Gasteiger partial charge in [-0.3, -0.25) is 4.57 Å². The van der Waals surface area contributed by atoms with Gasteiger partial charge in [-0.05, 0) is 6.42 Å². The van der Waals surface area contributed by atoms with Gasteiger partial charge in [-0.2, -0.15) is 0 Å². The number of ether oxygens (including phenoxy) is 1. The molecule has 4 N–H and O–H groups in total. The van der Waals surface area contributed by atoms with Crippen molar-refractivity contribution < 1.29 is 14.9 Å². The molecule has 2 aromatic rings. The Bertz CT molecular complexity index is 540. The minimum Gasteiger partial charge on any atom is -0.394 e. The summed E-state index contributed by atoms with van der Waals surface area (Å²) in [4.78, 5) is 12.0. The number of imidazole rings is 1. The van der Waals surface area contributed by atoms with Crippen LogP contribution in [0.3, 0.4) is 0 Å². The predicted molar refractivity (Wildman–Crippen MR) is 68.1 cm³/mol. The zero-order chi connectivity index (χ0) is 13.8. The minimum atomic E-state index is -0.670. The molecule has 0 saturated heterocycles. The first-order chi connectivity index (χ1) is 9.21. The molecule has 8 heteroatoms. The van der Waals surface area contributed by atoms with Crippen molar-refractivity contribution in [3.8, 4) is 0 Å². The molecule has 0 spiro atoms. The van der Waals surface area contributed by atoms with Crippen molar-refractivity contribution in [2.45, 2.75) is 25.7 Å². The number of nitrogens with zero attached hydrogens (tertiary/aromatic N) is 4. The van der Waals surface area contributed by atoms with Crippen molar-refractivity contribution in [1.29, 1.82) is 0 Å². The van der Waals surface area contributed by atoms with Crippen LogP contribution < -0.4 is 5.73 Å². The summed E-state index contributed by atoms with van der Waals surface area (Å²) in [5, 5.41) is 18.6. The van der Waals surface area contributed by atoms with Crippen LogP contribution in [0.15, 0.2) is 12.7 Å². The summed E-state index contributed by atoms with van der Waals surface area (Å²) >= 11 is 0. The highest BCUT2D eigenvalue weighted by molar-refractivity contribution is 5.81. The molecule has 104 valence electrons. The summed E-state index contributed by atoms with van der Waals surface area (Å²) in [5.74, 6) is 0.273. The third kappa shape index (κ3) is 2.65. The summed E-state index contributed by atoms with van der Waals surface area (Å²) in [7, 11) is 0. The van der Waals surface area contributed by atoms with E-state index in [-0.39, 0.29) is 25.1 Å². The highest BCUT2D eigenvalue weighted by Gasteiger charge is 2.19. The Morgan fingerprint density at radius 1 is 1.32 bits per heavy atom. The molecule has 2 aromatic heterocycles. The number of nitrogen functional groups attached to an aromatic ring is 1. The van der Waals surface area contributed by atoms with Crippen LogP contribution in [-0.2, 0) is 4.74 Å². The summed E-state index contributed by atoms with van der Waals surface area (Å²) in [6, 6.07) is 0. The first-order valence-electron chi connectivity index (χ1n) is 6.01. The molecule has 0 radical (unpaired) electrons. The van der Waals surface area contributed by atoms with E-state index in [4.69, 9.17) is 15.6 Å². The second-order valence-electron chi connectivity index (χ2n) is 4.07. The Morgan fingerprint density at radius 2 is 2.11 bits per heavy atom. The van der Waals surface area contributed by atoms with Gasteiger partial charge in [0.05, 0.1) is 25.6 Å². The highest BCUT2D eigenvalue weighted by Crippen LogP contribution is 2.20. The van der Waals surface area contributed by atoms with E-state index in [1.807, 2.05) is 6.92 Å². The van der Waals surface area contributed by atoms with Crippen molar-refractivity contribution in [2.75, 3.05) is 18.9 Å². The summed E-state index contributed by atoms with van der Waals surface area (Å²) in [6.07, 6.45) is 2.43. The maximum Gasteiger partial charge on any atom is 0.167 e. The number of hydrogen-bond donors (Lipinski definition) is 3. The highest BCUT2D eigenvalue weighted by atomic mass is 16.5. The van der Waals surface area contributed by atoms with Crippen LogP contribution >= 0.6 is 0 Å². The van der Waals surface area contributed by atoms with Crippen LogP contribution in [0, 0.1) is 0 Å². The Balaban J connectivity index is 2.33. The zero-order valence-corrected chi connectivity index (χ0v) is 10.6. The first-order valence-corrected chi connectivity index (χ1v) is 6.01. The van der Waals surface area contributed by atoms with Crippen LogP contribution in [0.25, 0.3) is 11.2 Å². The largest absolute Gasteiger partial charge is 0.394 e. The molecular weight excluding hydrogens is 250 g/mol. The lowest BCUT2D eigenvalue weighted by molar-refractivity contribution is -0.0955. The number of fused-ring (bicyclic) bond motifs is 1. The van der Waals surface area contributed by atoms with Gasteiger partial charge in [0.1, 0.15) is 11.8 Å². The maximum absolute atomic E-state index is 9.44. The fraction of sp³-hybridized carbons (Fsp3) is 0.545. The number of aromatic nitrogens is 4. The van der Waals surface area contributed by atoms with E-state index in [9.17, 15) is 5.11 Å². The van der Waals surface area contributed by atoms with Crippen molar-refractivity contribution in [1.82, 2.24) is 19.5 Å². The zero-order valence-electron chi connectivity index (χ0n) is 10.6. The van der Waals surface area contributed by atoms with E-state index < -0.39 is 6.23 Å². The molecule has 0 amide bonds. The van der Waals surface area contributed by atoms with Gasteiger partial charge in [-0.25, -0.2) is 15.0 Å². The molecule has 8 nitrogen and oxygen atoms in total. The van der Waals surface area contributed by atoms with Crippen molar-refractivity contribution >= 4 is 17.0 Å². The predicted octanol–water partition coefficient (Wildman–Crippen LogP) is -0.313. The number of anilines is 1. The second kappa shape index (κ2) is 5.91. The van der Waals surface area contributed by atoms with E-state index in [1.165, 1.54) is 12.7 Å². The van der Waals surface area contributed by atoms with E-state index in [0.29, 0.717) is 17.6 Å². The van der Waals surface area contributed by atoms with Crippen LogP contribution in [-0.4, -0.2) is 49.0 Å². The molecule has 2 unspecified atom stereocenters. The van der Waals surface area contributed by atoms with Gasteiger partial charge < -0.3 is 20.7 Å². The van der Waals surface area contributed by atoms with E-state index >= 15 is 0 Å². The molecule has 0 aliphatic carbocycles. The number of hydrogen-bond acceptors (Lipinski definition) is 7. The Kier molecular flexibility index (Phi) is 4.25. The first kappa shape index (κ1) is 13.7. The van der Waals surface area contributed by atoms with Crippen LogP contribution in [0.2, 0.25) is 0 Å². The molecule has 0 fully saturated rings. The van der Waals surface area contributed by atoms with E-state index in [2.05, 4.69) is 15.0 Å². The second-order valence-corrected chi connectivity index (χ2v) is 4.07. The lowest BCUT2D eigenvalue weighted by Gasteiger charge is -2.22. The van der Waals surface area contributed by atoms with Gasteiger partial charge in [-0.15, -0.1) is 0 Å². The van der Waals surface area contributed by atoms with Gasteiger partial charge >= 0.3 is 0 Å². The number of nitrogens with two attached hydrogens (primary N) is 1. The molecule has 19 heavy (non-hydrogen) atoms. The molecule has 2 heterocycles. The molecule has 0 aliphatic heterocycles. The Morgan fingerprint density at radius 3 is 2.74 bits per heavy atom. The summed E-state index contributed by atoms with van der Waals surface area (Å²) in [5.41, 5.74) is 6.64. The van der Waals surface area contributed by atoms with Crippen LogP contribution in [0.1, 0.15) is 19.6 Å². The molecule has 0 bridgehead atoms.